The summed E-state index contributed by atoms with van der Waals surface area (Å²) in [5, 5.41) is 0. The van der Waals surface area contributed by atoms with Crippen LogP contribution in [0.3, 0.4) is 0 Å². The monoisotopic (exact) mass is 393 g/mol. The lowest BCUT2D eigenvalue weighted by Crippen LogP contribution is -2.51. The van der Waals surface area contributed by atoms with E-state index >= 15 is 0 Å². The molecule has 2 amide bonds. The zero-order valence-electron chi connectivity index (χ0n) is 17.3. The number of hydrogen-bond acceptors (Lipinski definition) is 2. The second kappa shape index (κ2) is 5.69. The Morgan fingerprint density at radius 3 is 2.00 bits per heavy atom. The number of hydrogen-bond donors (Lipinski definition) is 0. The van der Waals surface area contributed by atoms with E-state index in [1.807, 2.05) is 56.3 Å². The zero-order chi connectivity index (χ0) is 20.8. The third-order valence-electron chi connectivity index (χ3n) is 7.64. The molecular weight excluding hydrogens is 370 g/mol. The minimum atomic E-state index is -0.507. The van der Waals surface area contributed by atoms with Gasteiger partial charge in [-0.1, -0.05) is 73.2 Å². The molecule has 3 aromatic rings. The Bertz CT molecular complexity index is 1210. The van der Waals surface area contributed by atoms with Gasteiger partial charge in [0.15, 0.2) is 0 Å². The standard InChI is InChI=1S/C27H23NO2/c1-15-12-13-21(16(2)14-15)28-25(29)23-22-17-8-4-6-10-19(17)27(3,24(23)26(28)30)20-11-7-5-9-18(20)22/h4-14,22-24H,1-3H3. The summed E-state index contributed by atoms with van der Waals surface area (Å²) in [5.41, 5.74) is 7.08. The molecule has 1 heterocycles. The number of carbonyl (C=O) groups is 2. The van der Waals surface area contributed by atoms with Gasteiger partial charge < -0.3 is 0 Å². The highest BCUT2D eigenvalue weighted by molar-refractivity contribution is 6.24. The van der Waals surface area contributed by atoms with Gasteiger partial charge in [0.05, 0.1) is 17.5 Å². The maximum Gasteiger partial charge on any atom is 0.238 e. The number of nitrogens with zero attached hydrogens (tertiary/aromatic N) is 1. The van der Waals surface area contributed by atoms with E-state index in [9.17, 15) is 9.59 Å². The van der Waals surface area contributed by atoms with Crippen LogP contribution in [0.5, 0.6) is 0 Å². The quantitative estimate of drug-likeness (QED) is 0.553. The smallest absolute Gasteiger partial charge is 0.238 e. The molecule has 1 aliphatic heterocycles. The van der Waals surface area contributed by atoms with Gasteiger partial charge in [0.25, 0.3) is 0 Å². The number of anilines is 1. The normalized spacial score (nSPS) is 28.4. The molecule has 7 rings (SSSR count). The van der Waals surface area contributed by atoms with Gasteiger partial charge >= 0.3 is 0 Å². The van der Waals surface area contributed by atoms with Crippen LogP contribution < -0.4 is 4.90 Å². The van der Waals surface area contributed by atoms with E-state index in [1.165, 1.54) is 27.2 Å². The lowest BCUT2D eigenvalue weighted by molar-refractivity contribution is -0.123. The van der Waals surface area contributed by atoms with Crippen LogP contribution in [0.4, 0.5) is 5.69 Å². The predicted octanol–water partition coefficient (Wildman–Crippen LogP) is 4.87. The Kier molecular flexibility index (Phi) is 3.35. The predicted molar refractivity (Wildman–Crippen MR) is 117 cm³/mol. The summed E-state index contributed by atoms with van der Waals surface area (Å²) in [7, 11) is 0. The van der Waals surface area contributed by atoms with Crippen LogP contribution in [0.15, 0.2) is 66.7 Å². The van der Waals surface area contributed by atoms with E-state index < -0.39 is 5.41 Å². The first-order valence-electron chi connectivity index (χ1n) is 10.6. The average molecular weight is 393 g/mol. The third kappa shape index (κ3) is 1.91. The minimum Gasteiger partial charge on any atom is -0.274 e. The molecule has 3 heteroatoms. The van der Waals surface area contributed by atoms with Crippen LogP contribution in [-0.4, -0.2) is 11.8 Å². The molecule has 3 aliphatic carbocycles. The topological polar surface area (TPSA) is 37.4 Å². The number of imide groups is 1. The number of benzene rings is 3. The van der Waals surface area contributed by atoms with Crippen molar-refractivity contribution in [2.75, 3.05) is 4.90 Å². The molecule has 1 saturated heterocycles. The van der Waals surface area contributed by atoms with Gasteiger partial charge in [-0.05, 0) is 47.7 Å². The number of amides is 2. The first kappa shape index (κ1) is 17.6. The largest absolute Gasteiger partial charge is 0.274 e. The number of aryl methyl sites for hydroxylation is 2. The molecule has 0 spiro atoms. The zero-order valence-corrected chi connectivity index (χ0v) is 17.3. The summed E-state index contributed by atoms with van der Waals surface area (Å²) in [6, 6.07) is 22.7. The van der Waals surface area contributed by atoms with Crippen molar-refractivity contribution < 1.29 is 9.59 Å². The number of carbonyl (C=O) groups excluding carboxylic acids is 2. The van der Waals surface area contributed by atoms with E-state index in [0.717, 1.165) is 16.8 Å². The summed E-state index contributed by atoms with van der Waals surface area (Å²) in [6.45, 7) is 6.16. The summed E-state index contributed by atoms with van der Waals surface area (Å²) in [6.07, 6.45) is 0. The van der Waals surface area contributed by atoms with E-state index in [2.05, 4.69) is 31.2 Å². The maximum atomic E-state index is 13.9. The molecule has 4 aliphatic rings. The second-order valence-electron chi connectivity index (χ2n) is 9.16. The Balaban J connectivity index is 1.62. The van der Waals surface area contributed by atoms with Gasteiger partial charge in [-0.3, -0.25) is 9.59 Å². The molecule has 0 radical (unpaired) electrons. The fourth-order valence-electron chi connectivity index (χ4n) is 6.44. The fourth-order valence-corrected chi connectivity index (χ4v) is 6.44. The van der Waals surface area contributed by atoms with Gasteiger partial charge in [-0.25, -0.2) is 4.90 Å². The summed E-state index contributed by atoms with van der Waals surface area (Å²) >= 11 is 0. The molecule has 2 atom stereocenters. The Hall–Kier alpha value is -3.20. The molecule has 2 bridgehead atoms. The van der Waals surface area contributed by atoms with Crippen molar-refractivity contribution in [1.29, 1.82) is 0 Å². The molecule has 3 aromatic carbocycles. The molecular formula is C27H23NO2. The van der Waals surface area contributed by atoms with Crippen molar-refractivity contribution in [3.05, 3.63) is 100 Å². The van der Waals surface area contributed by atoms with Crippen LogP contribution in [-0.2, 0) is 15.0 Å². The second-order valence-corrected chi connectivity index (χ2v) is 9.16. The van der Waals surface area contributed by atoms with Gasteiger partial charge in [0.1, 0.15) is 0 Å². The third-order valence-corrected chi connectivity index (χ3v) is 7.64. The van der Waals surface area contributed by atoms with Crippen LogP contribution in [0.2, 0.25) is 0 Å². The highest BCUT2D eigenvalue weighted by Gasteiger charge is 2.66. The molecule has 0 saturated carbocycles. The fraction of sp³-hybridized carbons (Fsp3) is 0.259. The van der Waals surface area contributed by atoms with Crippen LogP contribution >= 0.6 is 0 Å². The SMILES string of the molecule is Cc1ccc(N2C(=O)C3C4c5ccccc5C(C)(c5ccccc54)C3C2=O)c(C)c1. The molecule has 148 valence electrons. The van der Waals surface area contributed by atoms with Crippen LogP contribution in [0, 0.1) is 25.7 Å². The van der Waals surface area contributed by atoms with E-state index in [0.29, 0.717) is 0 Å². The minimum absolute atomic E-state index is 0.0582. The molecule has 2 unspecified atom stereocenters. The van der Waals surface area contributed by atoms with Gasteiger partial charge in [0, 0.05) is 11.3 Å². The number of rotatable bonds is 1. The highest BCUT2D eigenvalue weighted by atomic mass is 16.2. The summed E-state index contributed by atoms with van der Waals surface area (Å²) < 4.78 is 0. The molecule has 1 fully saturated rings. The lowest BCUT2D eigenvalue weighted by atomic mass is 9.48. The Morgan fingerprint density at radius 2 is 1.40 bits per heavy atom. The van der Waals surface area contributed by atoms with Gasteiger partial charge in [-0.15, -0.1) is 0 Å². The Labute approximate surface area is 176 Å². The maximum absolute atomic E-state index is 13.9. The molecule has 30 heavy (non-hydrogen) atoms. The summed E-state index contributed by atoms with van der Waals surface area (Å²) in [5.74, 6) is -0.921. The first-order valence-corrected chi connectivity index (χ1v) is 10.6. The van der Waals surface area contributed by atoms with Gasteiger partial charge in [-0.2, -0.15) is 0 Å². The van der Waals surface area contributed by atoms with Crippen molar-refractivity contribution in [1.82, 2.24) is 0 Å². The van der Waals surface area contributed by atoms with E-state index in [1.54, 1.807) is 0 Å². The first-order chi connectivity index (χ1) is 14.4. The van der Waals surface area contributed by atoms with E-state index in [4.69, 9.17) is 0 Å². The summed E-state index contributed by atoms with van der Waals surface area (Å²) in [4.78, 5) is 29.2. The highest BCUT2D eigenvalue weighted by Crippen LogP contribution is 2.64. The van der Waals surface area contributed by atoms with Crippen LogP contribution in [0.1, 0.15) is 46.2 Å². The van der Waals surface area contributed by atoms with Gasteiger partial charge in [0.2, 0.25) is 11.8 Å². The van der Waals surface area contributed by atoms with Crippen molar-refractivity contribution in [2.24, 2.45) is 11.8 Å². The van der Waals surface area contributed by atoms with Crippen molar-refractivity contribution >= 4 is 17.5 Å². The van der Waals surface area contributed by atoms with Crippen LogP contribution in [0.25, 0.3) is 0 Å². The molecule has 0 N–H and O–H groups in total. The van der Waals surface area contributed by atoms with E-state index in [-0.39, 0.29) is 29.6 Å². The lowest BCUT2D eigenvalue weighted by Gasteiger charge is -2.52. The van der Waals surface area contributed by atoms with Crippen molar-refractivity contribution in [2.45, 2.75) is 32.1 Å². The molecule has 3 nitrogen and oxygen atoms in total. The Morgan fingerprint density at radius 1 is 0.800 bits per heavy atom. The van der Waals surface area contributed by atoms with Crippen molar-refractivity contribution in [3.63, 3.8) is 0 Å². The van der Waals surface area contributed by atoms with Crippen molar-refractivity contribution in [3.8, 4) is 0 Å². The average Bonchev–Trinajstić information content (AvgIpc) is 3.01. The molecule has 0 aromatic heterocycles.